The van der Waals surface area contributed by atoms with Crippen LogP contribution in [0.1, 0.15) is 46.0 Å². The third kappa shape index (κ3) is 7.23. The highest BCUT2D eigenvalue weighted by Gasteiger charge is 2.18. The molecule has 0 aliphatic rings. The van der Waals surface area contributed by atoms with Crippen molar-refractivity contribution >= 4 is 11.9 Å². The van der Waals surface area contributed by atoms with Gasteiger partial charge in [0.25, 0.3) is 0 Å². The third-order valence-electron chi connectivity index (χ3n) is 2.31. The van der Waals surface area contributed by atoms with E-state index >= 15 is 0 Å². The molecule has 0 aliphatic heterocycles. The van der Waals surface area contributed by atoms with Crippen molar-refractivity contribution in [3.05, 3.63) is 0 Å². The molecule has 0 aromatic carbocycles. The van der Waals surface area contributed by atoms with Crippen molar-refractivity contribution in [1.82, 2.24) is 5.32 Å². The monoisotopic (exact) mass is 230 g/mol. The molecule has 1 amide bonds. The predicted molar refractivity (Wildman–Crippen MR) is 62.0 cm³/mol. The summed E-state index contributed by atoms with van der Waals surface area (Å²) in [5.41, 5.74) is 5.52. The highest BCUT2D eigenvalue weighted by atomic mass is 16.4. The van der Waals surface area contributed by atoms with Gasteiger partial charge in [-0.05, 0) is 19.8 Å². The second-order valence-electron chi connectivity index (χ2n) is 4.12. The summed E-state index contributed by atoms with van der Waals surface area (Å²) < 4.78 is 0. The number of carboxylic acid groups (broad SMARTS) is 1. The average Bonchev–Trinajstić information content (AvgIpc) is 2.20. The first-order valence-electron chi connectivity index (χ1n) is 5.75. The van der Waals surface area contributed by atoms with Gasteiger partial charge >= 0.3 is 5.97 Å². The van der Waals surface area contributed by atoms with E-state index in [-0.39, 0.29) is 18.4 Å². The van der Waals surface area contributed by atoms with Gasteiger partial charge in [0.2, 0.25) is 5.91 Å². The standard InChI is InChI=1S/C11H22N2O3/c1-3-4-5-9(11(15)16)13-10(14)7-6-8(2)12/h8-9H,3-7,12H2,1-2H3,(H,13,14)(H,15,16). The highest BCUT2D eigenvalue weighted by molar-refractivity contribution is 5.83. The first-order chi connectivity index (χ1) is 7.47. The number of unbranched alkanes of at least 4 members (excludes halogenated alkanes) is 1. The summed E-state index contributed by atoms with van der Waals surface area (Å²) in [6.07, 6.45) is 3.05. The molecule has 16 heavy (non-hydrogen) atoms. The molecule has 0 aromatic rings. The number of hydrogen-bond donors (Lipinski definition) is 3. The van der Waals surface area contributed by atoms with Crippen LogP contribution in [0.15, 0.2) is 0 Å². The summed E-state index contributed by atoms with van der Waals surface area (Å²) in [4.78, 5) is 22.2. The van der Waals surface area contributed by atoms with E-state index in [2.05, 4.69) is 5.32 Å². The topological polar surface area (TPSA) is 92.4 Å². The van der Waals surface area contributed by atoms with Gasteiger partial charge in [0.15, 0.2) is 0 Å². The Bertz CT molecular complexity index is 229. The Kier molecular flexibility index (Phi) is 7.54. The van der Waals surface area contributed by atoms with Gasteiger partial charge in [0, 0.05) is 12.5 Å². The molecule has 0 spiro atoms. The van der Waals surface area contributed by atoms with Crippen LogP contribution in [0.5, 0.6) is 0 Å². The van der Waals surface area contributed by atoms with Crippen LogP contribution in [0, 0.1) is 0 Å². The molecule has 0 heterocycles. The summed E-state index contributed by atoms with van der Waals surface area (Å²) >= 11 is 0. The number of aliphatic carboxylic acids is 1. The molecule has 0 aliphatic carbocycles. The smallest absolute Gasteiger partial charge is 0.326 e. The van der Waals surface area contributed by atoms with E-state index in [1.54, 1.807) is 0 Å². The van der Waals surface area contributed by atoms with Gasteiger partial charge in [0.05, 0.1) is 0 Å². The number of rotatable bonds is 8. The minimum absolute atomic E-state index is 0.0373. The van der Waals surface area contributed by atoms with Crippen LogP contribution in [0.3, 0.4) is 0 Å². The van der Waals surface area contributed by atoms with Crippen molar-refractivity contribution in [2.24, 2.45) is 5.73 Å². The summed E-state index contributed by atoms with van der Waals surface area (Å²) in [6.45, 7) is 3.80. The molecule has 0 saturated heterocycles. The van der Waals surface area contributed by atoms with Crippen LogP contribution < -0.4 is 11.1 Å². The van der Waals surface area contributed by atoms with Crippen LogP contribution in [0.4, 0.5) is 0 Å². The van der Waals surface area contributed by atoms with E-state index in [4.69, 9.17) is 10.8 Å². The van der Waals surface area contributed by atoms with Crippen molar-refractivity contribution in [2.75, 3.05) is 0 Å². The Balaban J connectivity index is 3.98. The van der Waals surface area contributed by atoms with Crippen LogP contribution in [-0.2, 0) is 9.59 Å². The van der Waals surface area contributed by atoms with Crippen molar-refractivity contribution in [1.29, 1.82) is 0 Å². The minimum Gasteiger partial charge on any atom is -0.480 e. The lowest BCUT2D eigenvalue weighted by atomic mass is 10.1. The lowest BCUT2D eigenvalue weighted by molar-refractivity contribution is -0.142. The van der Waals surface area contributed by atoms with Gasteiger partial charge in [-0.15, -0.1) is 0 Å². The van der Waals surface area contributed by atoms with E-state index in [0.29, 0.717) is 12.8 Å². The lowest BCUT2D eigenvalue weighted by Gasteiger charge is -2.14. The van der Waals surface area contributed by atoms with Gasteiger partial charge in [-0.25, -0.2) is 4.79 Å². The quantitative estimate of drug-likeness (QED) is 0.577. The summed E-state index contributed by atoms with van der Waals surface area (Å²) in [6, 6.07) is -0.801. The number of nitrogens with two attached hydrogens (primary N) is 1. The Morgan fingerprint density at radius 1 is 1.38 bits per heavy atom. The summed E-state index contributed by atoms with van der Waals surface area (Å²) in [5, 5.41) is 11.4. The van der Waals surface area contributed by atoms with Crippen molar-refractivity contribution in [3.8, 4) is 0 Å². The second kappa shape index (κ2) is 8.10. The molecule has 2 unspecified atom stereocenters. The maximum atomic E-state index is 11.4. The molecule has 0 aromatic heterocycles. The Hall–Kier alpha value is -1.10. The molecule has 5 nitrogen and oxygen atoms in total. The van der Waals surface area contributed by atoms with Gasteiger partial charge < -0.3 is 16.2 Å². The molecular weight excluding hydrogens is 208 g/mol. The van der Waals surface area contributed by atoms with Crippen molar-refractivity contribution in [3.63, 3.8) is 0 Å². The summed E-state index contributed by atoms with van der Waals surface area (Å²) in [7, 11) is 0. The maximum Gasteiger partial charge on any atom is 0.326 e. The molecule has 94 valence electrons. The van der Waals surface area contributed by atoms with Crippen LogP contribution in [0.2, 0.25) is 0 Å². The highest BCUT2D eigenvalue weighted by Crippen LogP contribution is 2.02. The molecule has 0 fully saturated rings. The Morgan fingerprint density at radius 3 is 2.44 bits per heavy atom. The molecular formula is C11H22N2O3. The van der Waals surface area contributed by atoms with E-state index in [1.807, 2.05) is 13.8 Å². The lowest BCUT2D eigenvalue weighted by Crippen LogP contribution is -2.41. The fraction of sp³-hybridized carbons (Fsp3) is 0.818. The zero-order valence-electron chi connectivity index (χ0n) is 10.0. The molecule has 5 heteroatoms. The normalized spacial score (nSPS) is 14.2. The fourth-order valence-electron chi connectivity index (χ4n) is 1.29. The third-order valence-corrected chi connectivity index (χ3v) is 2.31. The SMILES string of the molecule is CCCCC(NC(=O)CCC(C)N)C(=O)O. The number of carboxylic acids is 1. The predicted octanol–water partition coefficient (Wildman–Crippen LogP) is 0.873. The van der Waals surface area contributed by atoms with Gasteiger partial charge in [0.1, 0.15) is 6.04 Å². The first kappa shape index (κ1) is 14.9. The number of carbonyl (C=O) groups excluding carboxylic acids is 1. The van der Waals surface area contributed by atoms with Crippen LogP contribution >= 0.6 is 0 Å². The Morgan fingerprint density at radius 2 is 2.00 bits per heavy atom. The molecule has 0 rings (SSSR count). The number of carbonyl (C=O) groups is 2. The van der Waals surface area contributed by atoms with Crippen LogP contribution in [-0.4, -0.2) is 29.1 Å². The molecule has 4 N–H and O–H groups in total. The fourth-order valence-corrected chi connectivity index (χ4v) is 1.29. The van der Waals surface area contributed by atoms with E-state index < -0.39 is 12.0 Å². The number of amides is 1. The Labute approximate surface area is 96.4 Å². The van der Waals surface area contributed by atoms with Crippen LogP contribution in [0.25, 0.3) is 0 Å². The van der Waals surface area contributed by atoms with E-state index in [9.17, 15) is 9.59 Å². The molecule has 0 bridgehead atoms. The molecule has 0 radical (unpaired) electrons. The van der Waals surface area contributed by atoms with Gasteiger partial charge in [-0.1, -0.05) is 19.8 Å². The largest absolute Gasteiger partial charge is 0.480 e. The first-order valence-corrected chi connectivity index (χ1v) is 5.75. The second-order valence-corrected chi connectivity index (χ2v) is 4.12. The van der Waals surface area contributed by atoms with Crippen molar-refractivity contribution < 1.29 is 14.7 Å². The van der Waals surface area contributed by atoms with E-state index in [0.717, 1.165) is 12.8 Å². The zero-order valence-corrected chi connectivity index (χ0v) is 10.0. The van der Waals surface area contributed by atoms with Gasteiger partial charge in [-0.2, -0.15) is 0 Å². The van der Waals surface area contributed by atoms with E-state index in [1.165, 1.54) is 0 Å². The maximum absolute atomic E-state index is 11.4. The molecule has 0 saturated carbocycles. The zero-order chi connectivity index (χ0) is 12.6. The van der Waals surface area contributed by atoms with Crippen molar-refractivity contribution in [2.45, 2.75) is 58.0 Å². The summed E-state index contributed by atoms with van der Waals surface area (Å²) in [5.74, 6) is -1.21. The molecule has 2 atom stereocenters. The van der Waals surface area contributed by atoms with Gasteiger partial charge in [-0.3, -0.25) is 4.79 Å². The average molecular weight is 230 g/mol. The minimum atomic E-state index is -0.970. The number of hydrogen-bond acceptors (Lipinski definition) is 3. The number of nitrogens with one attached hydrogen (secondary N) is 1.